The molecule has 0 radical (unpaired) electrons. The molecule has 0 spiro atoms. The fraction of sp³-hybridized carbons (Fsp3) is 0.423. The molecule has 0 aliphatic carbocycles. The normalized spacial score (nSPS) is 17.7. The van der Waals surface area contributed by atoms with Crippen molar-refractivity contribution in [1.29, 1.82) is 0 Å². The maximum Gasteiger partial charge on any atom is 0.295 e. The number of carbonyl (C=O) groups excluding carboxylic acids is 2. The van der Waals surface area contributed by atoms with Crippen LogP contribution < -0.4 is 4.74 Å². The molecule has 176 valence electrons. The maximum atomic E-state index is 13.1. The number of unbranched alkanes of at least 4 members (excludes halogenated alkanes) is 1. The monoisotopic (exact) mass is 451 g/mol. The number of ether oxygens (including phenoxy) is 1. The number of hydrogen-bond donors (Lipinski definition) is 1. The van der Waals surface area contributed by atoms with Crippen LogP contribution in [-0.2, 0) is 9.59 Å². The number of likely N-dealkylation sites (N-methyl/N-ethyl adjacent to an activating group) is 1. The van der Waals surface area contributed by atoms with E-state index in [9.17, 15) is 14.7 Å². The second-order valence-electron chi connectivity index (χ2n) is 8.03. The van der Waals surface area contributed by atoms with Crippen molar-refractivity contribution in [2.75, 3.05) is 32.8 Å². The van der Waals surface area contributed by atoms with Crippen LogP contribution in [0.5, 0.6) is 5.75 Å². The summed E-state index contributed by atoms with van der Waals surface area (Å²) >= 11 is 0. The topological polar surface area (TPSA) is 83.0 Å². The number of Topliss-reactive ketones (excluding diaryl/α,β-unsaturated/α-hetero) is 1. The second-order valence-corrected chi connectivity index (χ2v) is 8.03. The van der Waals surface area contributed by atoms with Crippen LogP contribution in [0, 0.1) is 0 Å². The number of ketones is 1. The van der Waals surface area contributed by atoms with Gasteiger partial charge >= 0.3 is 0 Å². The highest BCUT2D eigenvalue weighted by Gasteiger charge is 2.45. The number of pyridine rings is 1. The highest BCUT2D eigenvalue weighted by molar-refractivity contribution is 6.46. The van der Waals surface area contributed by atoms with Crippen LogP contribution in [0.1, 0.15) is 50.8 Å². The van der Waals surface area contributed by atoms with Crippen LogP contribution in [0.25, 0.3) is 5.76 Å². The Bertz CT molecular complexity index is 969. The number of aliphatic hydroxyl groups excluding tert-OH is 1. The molecule has 0 unspecified atom stereocenters. The Labute approximate surface area is 195 Å². The van der Waals surface area contributed by atoms with Gasteiger partial charge in [-0.25, -0.2) is 0 Å². The van der Waals surface area contributed by atoms with E-state index in [-0.39, 0.29) is 11.3 Å². The predicted octanol–water partition coefficient (Wildman–Crippen LogP) is 4.02. The van der Waals surface area contributed by atoms with E-state index in [2.05, 4.69) is 30.7 Å². The lowest BCUT2D eigenvalue weighted by molar-refractivity contribution is -0.140. The summed E-state index contributed by atoms with van der Waals surface area (Å²) in [7, 11) is 0. The van der Waals surface area contributed by atoms with E-state index in [1.165, 1.54) is 0 Å². The van der Waals surface area contributed by atoms with Gasteiger partial charge in [-0.05, 0) is 61.5 Å². The van der Waals surface area contributed by atoms with Crippen molar-refractivity contribution in [3.05, 3.63) is 65.5 Å². The number of benzene rings is 1. The number of carbonyl (C=O) groups is 2. The van der Waals surface area contributed by atoms with Gasteiger partial charge in [0.25, 0.3) is 11.7 Å². The molecule has 33 heavy (non-hydrogen) atoms. The molecule has 1 saturated heterocycles. The number of aliphatic hydroxyl groups is 1. The van der Waals surface area contributed by atoms with E-state index >= 15 is 0 Å². The standard InChI is InChI=1S/C26H33N3O4/c1-4-7-18-33-21-10-8-20(9-11-21)24(30)22-23(19-12-14-27-15-13-19)29(26(32)25(22)31)17-16-28(5-2)6-3/h8-15,23,30H,4-7,16-18H2,1-3H3/b24-22+/t23-/m1/s1. The molecule has 7 nitrogen and oxygen atoms in total. The van der Waals surface area contributed by atoms with Crippen LogP contribution in [0.4, 0.5) is 0 Å². The fourth-order valence-electron chi connectivity index (χ4n) is 3.99. The molecule has 1 amide bonds. The van der Waals surface area contributed by atoms with E-state index in [0.29, 0.717) is 31.0 Å². The highest BCUT2D eigenvalue weighted by Crippen LogP contribution is 2.39. The SMILES string of the molecule is CCCCOc1ccc(/C(O)=C2\C(=O)C(=O)N(CCN(CC)CC)[C@@H]2c2ccncc2)cc1. The lowest BCUT2D eigenvalue weighted by Crippen LogP contribution is -2.38. The second kappa shape index (κ2) is 11.6. The highest BCUT2D eigenvalue weighted by atomic mass is 16.5. The minimum Gasteiger partial charge on any atom is -0.507 e. The van der Waals surface area contributed by atoms with Gasteiger partial charge in [-0.1, -0.05) is 27.2 Å². The molecule has 7 heteroatoms. The van der Waals surface area contributed by atoms with Gasteiger partial charge in [0.1, 0.15) is 11.5 Å². The molecule has 1 aliphatic heterocycles. The van der Waals surface area contributed by atoms with Crippen LogP contribution >= 0.6 is 0 Å². The van der Waals surface area contributed by atoms with E-state index in [1.807, 2.05) is 0 Å². The Morgan fingerprint density at radius 2 is 1.73 bits per heavy atom. The molecule has 1 N–H and O–H groups in total. The first-order valence-electron chi connectivity index (χ1n) is 11.7. The first kappa shape index (κ1) is 24.5. The van der Waals surface area contributed by atoms with Crippen LogP contribution in [0.3, 0.4) is 0 Å². The maximum absolute atomic E-state index is 13.1. The number of aromatic nitrogens is 1. The van der Waals surface area contributed by atoms with Crippen molar-refractivity contribution in [2.45, 2.75) is 39.7 Å². The number of likely N-dealkylation sites (tertiary alicyclic amines) is 1. The molecular weight excluding hydrogens is 418 g/mol. The summed E-state index contributed by atoms with van der Waals surface area (Å²) in [6, 6.07) is 9.85. The Morgan fingerprint density at radius 1 is 1.06 bits per heavy atom. The summed E-state index contributed by atoms with van der Waals surface area (Å²) in [5.41, 5.74) is 1.31. The number of amides is 1. The van der Waals surface area contributed by atoms with E-state index in [1.54, 1.807) is 53.7 Å². The van der Waals surface area contributed by atoms with Crippen LogP contribution in [-0.4, -0.2) is 64.4 Å². The molecule has 1 atom stereocenters. The summed E-state index contributed by atoms with van der Waals surface area (Å²) in [6.07, 6.45) is 5.26. The molecule has 2 heterocycles. The molecule has 1 aromatic carbocycles. The predicted molar refractivity (Wildman–Crippen MR) is 128 cm³/mol. The largest absolute Gasteiger partial charge is 0.507 e. The Hall–Kier alpha value is -3.19. The van der Waals surface area contributed by atoms with Gasteiger partial charge in [0, 0.05) is 31.0 Å². The minimum absolute atomic E-state index is 0.102. The zero-order valence-corrected chi connectivity index (χ0v) is 19.7. The van der Waals surface area contributed by atoms with Crippen molar-refractivity contribution in [1.82, 2.24) is 14.8 Å². The zero-order valence-electron chi connectivity index (χ0n) is 19.7. The average Bonchev–Trinajstić information content (AvgIpc) is 3.10. The Kier molecular flexibility index (Phi) is 8.60. The first-order chi connectivity index (χ1) is 16.0. The summed E-state index contributed by atoms with van der Waals surface area (Å²) in [5, 5.41) is 11.1. The Balaban J connectivity index is 1.96. The minimum atomic E-state index is -0.669. The van der Waals surface area contributed by atoms with E-state index < -0.39 is 17.7 Å². The molecule has 1 fully saturated rings. The molecular formula is C26H33N3O4. The smallest absolute Gasteiger partial charge is 0.295 e. The molecule has 3 rings (SSSR count). The third-order valence-corrected chi connectivity index (χ3v) is 6.01. The summed E-state index contributed by atoms with van der Waals surface area (Å²) in [4.78, 5) is 33.9. The van der Waals surface area contributed by atoms with Crippen molar-refractivity contribution in [3.8, 4) is 5.75 Å². The van der Waals surface area contributed by atoms with Gasteiger partial charge in [0.15, 0.2) is 0 Å². The van der Waals surface area contributed by atoms with Crippen molar-refractivity contribution in [2.24, 2.45) is 0 Å². The van der Waals surface area contributed by atoms with Crippen molar-refractivity contribution in [3.63, 3.8) is 0 Å². The van der Waals surface area contributed by atoms with Crippen LogP contribution in [0.15, 0.2) is 54.4 Å². The quantitative estimate of drug-likeness (QED) is 0.240. The van der Waals surface area contributed by atoms with Crippen LogP contribution in [0.2, 0.25) is 0 Å². The zero-order chi connectivity index (χ0) is 23.8. The lowest BCUT2D eigenvalue weighted by Gasteiger charge is -2.28. The van der Waals surface area contributed by atoms with Gasteiger partial charge in [-0.3, -0.25) is 14.6 Å². The molecule has 0 saturated carbocycles. The third kappa shape index (κ3) is 5.60. The third-order valence-electron chi connectivity index (χ3n) is 6.01. The fourth-order valence-corrected chi connectivity index (χ4v) is 3.99. The summed E-state index contributed by atoms with van der Waals surface area (Å²) < 4.78 is 5.69. The van der Waals surface area contributed by atoms with E-state index in [0.717, 1.165) is 31.5 Å². The summed E-state index contributed by atoms with van der Waals surface area (Å²) in [5.74, 6) is -0.742. The lowest BCUT2D eigenvalue weighted by atomic mass is 9.96. The first-order valence-corrected chi connectivity index (χ1v) is 11.7. The van der Waals surface area contributed by atoms with Gasteiger partial charge < -0.3 is 19.6 Å². The average molecular weight is 452 g/mol. The van der Waals surface area contributed by atoms with Gasteiger partial charge in [0.2, 0.25) is 0 Å². The van der Waals surface area contributed by atoms with E-state index in [4.69, 9.17) is 4.74 Å². The molecule has 1 aromatic heterocycles. The number of rotatable bonds is 11. The van der Waals surface area contributed by atoms with Gasteiger partial charge in [-0.15, -0.1) is 0 Å². The van der Waals surface area contributed by atoms with Gasteiger partial charge in [0.05, 0.1) is 18.2 Å². The Morgan fingerprint density at radius 3 is 2.33 bits per heavy atom. The van der Waals surface area contributed by atoms with Crippen molar-refractivity contribution >= 4 is 17.4 Å². The number of nitrogens with zero attached hydrogens (tertiary/aromatic N) is 3. The number of hydrogen-bond acceptors (Lipinski definition) is 6. The molecule has 0 bridgehead atoms. The summed E-state index contributed by atoms with van der Waals surface area (Å²) in [6.45, 7) is 9.59. The molecule has 1 aliphatic rings. The van der Waals surface area contributed by atoms with Crippen molar-refractivity contribution < 1.29 is 19.4 Å². The molecule has 2 aromatic rings. The van der Waals surface area contributed by atoms with Gasteiger partial charge in [-0.2, -0.15) is 0 Å².